The molecule has 12 heteroatoms. The number of carbonyl (C=O) groups is 1. The van der Waals surface area contributed by atoms with Crippen LogP contribution in [0.25, 0.3) is 0 Å². The Labute approximate surface area is 122 Å². The number of hydrogen-bond donors (Lipinski definition) is 3. The maximum Gasteiger partial charge on any atom is 0.357 e. The first-order chi connectivity index (χ1) is 9.49. The zero-order valence-corrected chi connectivity index (χ0v) is 13.2. The van der Waals surface area contributed by atoms with Crippen LogP contribution in [0.5, 0.6) is 0 Å². The van der Waals surface area contributed by atoms with Crippen molar-refractivity contribution in [3.8, 4) is 0 Å². The van der Waals surface area contributed by atoms with Crippen molar-refractivity contribution in [3.63, 3.8) is 0 Å². The molecule has 0 bridgehead atoms. The summed E-state index contributed by atoms with van der Waals surface area (Å²) in [5.41, 5.74) is -0.592. The second kappa shape index (κ2) is 6.09. The second-order valence-corrected chi connectivity index (χ2v) is 8.33. The summed E-state index contributed by atoms with van der Waals surface area (Å²) >= 11 is 0. The number of sulfonamides is 2. The van der Waals surface area contributed by atoms with Crippen LogP contribution in [0.3, 0.4) is 0 Å². The molecule has 10 nitrogen and oxygen atoms in total. The first kappa shape index (κ1) is 17.6. The fourth-order valence-corrected chi connectivity index (χ4v) is 3.66. The lowest BCUT2D eigenvalue weighted by molar-refractivity contribution is 0.0686. The number of carboxylic acids is 1. The summed E-state index contributed by atoms with van der Waals surface area (Å²) in [6.07, 6.45) is 0. The van der Waals surface area contributed by atoms with Crippen molar-refractivity contribution in [2.45, 2.75) is 11.8 Å². The van der Waals surface area contributed by atoms with Crippen molar-refractivity contribution >= 4 is 26.0 Å². The van der Waals surface area contributed by atoms with Gasteiger partial charge in [-0.25, -0.2) is 30.7 Å². The largest absolute Gasteiger partial charge is 0.476 e. The van der Waals surface area contributed by atoms with Gasteiger partial charge in [-0.1, -0.05) is 0 Å². The van der Waals surface area contributed by atoms with Crippen LogP contribution in [0.15, 0.2) is 4.90 Å². The molecule has 0 unspecified atom stereocenters. The summed E-state index contributed by atoms with van der Waals surface area (Å²) in [5.74, 6) is -1.95. The van der Waals surface area contributed by atoms with Crippen molar-refractivity contribution in [3.05, 3.63) is 11.4 Å². The fourth-order valence-electron chi connectivity index (χ4n) is 1.45. The molecule has 21 heavy (non-hydrogen) atoms. The Kier molecular flexibility index (Phi) is 5.09. The first-order valence-electron chi connectivity index (χ1n) is 5.67. The molecule has 0 saturated heterocycles. The molecule has 0 aliphatic rings. The lowest BCUT2D eigenvalue weighted by Crippen LogP contribution is -2.34. The van der Waals surface area contributed by atoms with Gasteiger partial charge in [-0.05, 0) is 6.92 Å². The van der Waals surface area contributed by atoms with Gasteiger partial charge in [-0.2, -0.15) is 5.10 Å². The standard InChI is InChI=1S/C9H16N4O6S2/c1-6-8(7(9(14)15)12-11-6)21(18,19)10-4-5-20(16,17)13(2)3/h10H,4-5H2,1-3H3,(H,11,12)(H,14,15). The van der Waals surface area contributed by atoms with Crippen molar-refractivity contribution in [2.24, 2.45) is 0 Å². The van der Waals surface area contributed by atoms with Gasteiger partial charge < -0.3 is 5.11 Å². The topological polar surface area (TPSA) is 150 Å². The Bertz CT molecular complexity index is 734. The molecule has 1 aromatic heterocycles. The highest BCUT2D eigenvalue weighted by molar-refractivity contribution is 7.90. The molecule has 0 aromatic carbocycles. The van der Waals surface area contributed by atoms with Gasteiger partial charge in [0.1, 0.15) is 4.90 Å². The number of aromatic amines is 1. The quantitative estimate of drug-likeness (QED) is 0.551. The number of nitrogens with one attached hydrogen (secondary N) is 2. The van der Waals surface area contributed by atoms with Crippen LogP contribution in [-0.2, 0) is 20.0 Å². The van der Waals surface area contributed by atoms with Gasteiger partial charge in [0, 0.05) is 20.6 Å². The lowest BCUT2D eigenvalue weighted by Gasteiger charge is -2.11. The minimum absolute atomic E-state index is 0.0513. The molecule has 0 fully saturated rings. The van der Waals surface area contributed by atoms with Crippen molar-refractivity contribution < 1.29 is 26.7 Å². The van der Waals surface area contributed by atoms with Gasteiger partial charge in [-0.3, -0.25) is 5.10 Å². The fraction of sp³-hybridized carbons (Fsp3) is 0.556. The third kappa shape index (κ3) is 4.00. The number of nitrogens with zero attached hydrogens (tertiary/aromatic N) is 2. The van der Waals surface area contributed by atoms with E-state index in [1.807, 2.05) is 0 Å². The van der Waals surface area contributed by atoms with E-state index in [-0.39, 0.29) is 12.2 Å². The van der Waals surface area contributed by atoms with Gasteiger partial charge >= 0.3 is 5.97 Å². The van der Waals surface area contributed by atoms with Gasteiger partial charge in [0.25, 0.3) is 0 Å². The molecule has 1 aromatic rings. The maximum absolute atomic E-state index is 12.1. The minimum atomic E-state index is -4.18. The van der Waals surface area contributed by atoms with E-state index in [0.29, 0.717) is 0 Å². The van der Waals surface area contributed by atoms with E-state index in [1.54, 1.807) is 0 Å². The molecule has 1 heterocycles. The molecule has 0 spiro atoms. The molecule has 120 valence electrons. The van der Waals surface area contributed by atoms with Gasteiger partial charge in [0.05, 0.1) is 11.4 Å². The number of aryl methyl sites for hydroxylation is 1. The second-order valence-electron chi connectivity index (χ2n) is 4.33. The Morgan fingerprint density at radius 2 is 1.90 bits per heavy atom. The molecule has 0 atom stereocenters. The molecule has 3 N–H and O–H groups in total. The molecule has 0 aliphatic heterocycles. The Morgan fingerprint density at radius 1 is 1.33 bits per heavy atom. The van der Waals surface area contributed by atoms with Gasteiger partial charge in [0.15, 0.2) is 5.69 Å². The Hall–Kier alpha value is -1.50. The zero-order valence-electron chi connectivity index (χ0n) is 11.6. The number of H-pyrrole nitrogens is 1. The zero-order chi connectivity index (χ0) is 16.4. The third-order valence-corrected chi connectivity index (χ3v) is 6.02. The molecular weight excluding hydrogens is 324 g/mol. The average molecular weight is 340 g/mol. The first-order valence-corrected chi connectivity index (χ1v) is 8.76. The SMILES string of the molecule is Cc1[nH]nc(C(=O)O)c1S(=O)(=O)NCCS(=O)(=O)N(C)C. The van der Waals surface area contributed by atoms with E-state index in [9.17, 15) is 21.6 Å². The number of hydrogen-bond acceptors (Lipinski definition) is 6. The van der Waals surface area contributed by atoms with E-state index in [2.05, 4.69) is 14.9 Å². The van der Waals surface area contributed by atoms with E-state index in [4.69, 9.17) is 5.11 Å². The number of rotatable bonds is 7. The van der Waals surface area contributed by atoms with Crippen molar-refractivity contribution in [1.29, 1.82) is 0 Å². The maximum atomic E-state index is 12.1. The smallest absolute Gasteiger partial charge is 0.357 e. The Morgan fingerprint density at radius 3 is 2.38 bits per heavy atom. The lowest BCUT2D eigenvalue weighted by atomic mass is 10.4. The van der Waals surface area contributed by atoms with Crippen LogP contribution in [0.1, 0.15) is 16.2 Å². The molecule has 0 amide bonds. The highest BCUT2D eigenvalue weighted by atomic mass is 32.2. The van der Waals surface area contributed by atoms with Crippen molar-refractivity contribution in [2.75, 3.05) is 26.4 Å². The van der Waals surface area contributed by atoms with E-state index in [1.165, 1.54) is 21.0 Å². The highest BCUT2D eigenvalue weighted by Crippen LogP contribution is 2.17. The summed E-state index contributed by atoms with van der Waals surface area (Å²) in [4.78, 5) is 10.4. The number of carboxylic acid groups (broad SMARTS) is 1. The summed E-state index contributed by atoms with van der Waals surface area (Å²) in [6.45, 7) is 0.969. The predicted molar refractivity (Wildman–Crippen MR) is 72.9 cm³/mol. The minimum Gasteiger partial charge on any atom is -0.476 e. The predicted octanol–water partition coefficient (Wildman–Crippen LogP) is -1.41. The van der Waals surface area contributed by atoms with Crippen LogP contribution >= 0.6 is 0 Å². The van der Waals surface area contributed by atoms with Crippen molar-refractivity contribution in [1.82, 2.24) is 19.2 Å². The van der Waals surface area contributed by atoms with Crippen LogP contribution in [0.2, 0.25) is 0 Å². The molecule has 0 saturated carbocycles. The third-order valence-electron chi connectivity index (χ3n) is 2.57. The number of aromatic carboxylic acids is 1. The summed E-state index contributed by atoms with van der Waals surface area (Å²) in [6, 6.07) is 0. The highest BCUT2D eigenvalue weighted by Gasteiger charge is 2.28. The van der Waals surface area contributed by atoms with Crippen LogP contribution < -0.4 is 4.72 Å². The van der Waals surface area contributed by atoms with E-state index < -0.39 is 42.4 Å². The van der Waals surface area contributed by atoms with Crippen LogP contribution in [0, 0.1) is 6.92 Å². The van der Waals surface area contributed by atoms with E-state index in [0.717, 1.165) is 4.31 Å². The van der Waals surface area contributed by atoms with Crippen LogP contribution in [0.4, 0.5) is 0 Å². The summed E-state index contributed by atoms with van der Waals surface area (Å²) in [5, 5.41) is 14.6. The summed E-state index contributed by atoms with van der Waals surface area (Å²) in [7, 11) is -5.09. The monoisotopic (exact) mass is 340 g/mol. The molecule has 0 radical (unpaired) electrons. The molecule has 1 rings (SSSR count). The van der Waals surface area contributed by atoms with Gasteiger partial charge in [-0.15, -0.1) is 0 Å². The number of aromatic nitrogens is 2. The molecular formula is C9H16N4O6S2. The van der Waals surface area contributed by atoms with E-state index >= 15 is 0 Å². The Balaban J connectivity index is 2.94. The molecule has 0 aliphatic carbocycles. The normalized spacial score (nSPS) is 12.8. The summed E-state index contributed by atoms with van der Waals surface area (Å²) < 4.78 is 50.2. The van der Waals surface area contributed by atoms with Crippen LogP contribution in [-0.4, -0.2) is 68.8 Å². The van der Waals surface area contributed by atoms with Gasteiger partial charge in [0.2, 0.25) is 20.0 Å². The average Bonchev–Trinajstić information content (AvgIpc) is 2.71.